The first-order valence-electron chi connectivity index (χ1n) is 3.93. The molecule has 0 aromatic heterocycles. The van der Waals surface area contributed by atoms with Crippen LogP contribution in [-0.4, -0.2) is 31.1 Å². The second kappa shape index (κ2) is 4.21. The molecule has 0 unspecified atom stereocenters. The summed E-state index contributed by atoms with van der Waals surface area (Å²) in [6.45, 7) is 6.17. The van der Waals surface area contributed by atoms with Gasteiger partial charge in [0.15, 0.2) is 0 Å². The minimum absolute atomic E-state index is 0.0220. The van der Waals surface area contributed by atoms with Gasteiger partial charge in [0.05, 0.1) is 0 Å². The van der Waals surface area contributed by atoms with E-state index in [0.717, 1.165) is 0 Å². The van der Waals surface area contributed by atoms with E-state index in [-0.39, 0.29) is 12.1 Å². The minimum atomic E-state index is -0.0220. The van der Waals surface area contributed by atoms with Crippen molar-refractivity contribution in [3.8, 4) is 0 Å². The summed E-state index contributed by atoms with van der Waals surface area (Å²) in [5.74, 6) is 0.485. The van der Waals surface area contributed by atoms with Crippen molar-refractivity contribution in [2.24, 2.45) is 5.92 Å². The fourth-order valence-electron chi connectivity index (χ4n) is 0.491. The second-order valence-electron chi connectivity index (χ2n) is 3.38. The number of nitrogens with zero attached hydrogens (tertiary/aromatic N) is 1. The van der Waals surface area contributed by atoms with Crippen LogP contribution in [-0.2, 0) is 0 Å². The maximum atomic E-state index is 11.1. The third kappa shape index (κ3) is 3.86. The standard InChI is InChI=1S/C8H18N2O/c1-6(2)7(3)9-8(11)10(4)5/h6-7H,1-5H3,(H,9,11)/t7-/m0/s1. The molecule has 0 saturated heterocycles. The van der Waals surface area contributed by atoms with Gasteiger partial charge >= 0.3 is 6.03 Å². The normalized spacial score (nSPS) is 12.9. The van der Waals surface area contributed by atoms with Crippen LogP contribution in [0, 0.1) is 5.92 Å². The van der Waals surface area contributed by atoms with E-state index in [4.69, 9.17) is 0 Å². The fraction of sp³-hybridized carbons (Fsp3) is 0.875. The lowest BCUT2D eigenvalue weighted by molar-refractivity contribution is 0.210. The quantitative estimate of drug-likeness (QED) is 0.645. The molecule has 0 aliphatic rings. The number of carbonyl (C=O) groups is 1. The van der Waals surface area contributed by atoms with Crippen LogP contribution in [0.5, 0.6) is 0 Å². The first-order valence-corrected chi connectivity index (χ1v) is 3.93. The summed E-state index contributed by atoms with van der Waals surface area (Å²) < 4.78 is 0. The van der Waals surface area contributed by atoms with Crippen LogP contribution in [0.4, 0.5) is 4.79 Å². The van der Waals surface area contributed by atoms with Gasteiger partial charge in [0.2, 0.25) is 0 Å². The summed E-state index contributed by atoms with van der Waals surface area (Å²) in [6.07, 6.45) is 0. The molecule has 0 radical (unpaired) electrons. The Hall–Kier alpha value is -0.730. The molecule has 0 aliphatic carbocycles. The lowest BCUT2D eigenvalue weighted by Crippen LogP contribution is -2.42. The zero-order valence-electron chi connectivity index (χ0n) is 8.01. The fourth-order valence-corrected chi connectivity index (χ4v) is 0.491. The summed E-state index contributed by atoms with van der Waals surface area (Å²) in [5, 5.41) is 2.87. The van der Waals surface area contributed by atoms with Crippen LogP contribution in [0.15, 0.2) is 0 Å². The summed E-state index contributed by atoms with van der Waals surface area (Å²) in [7, 11) is 3.48. The molecule has 0 saturated carbocycles. The largest absolute Gasteiger partial charge is 0.335 e. The Balaban J connectivity index is 3.76. The van der Waals surface area contributed by atoms with Gasteiger partial charge < -0.3 is 10.2 Å². The first kappa shape index (κ1) is 10.3. The number of rotatable bonds is 2. The highest BCUT2D eigenvalue weighted by Gasteiger charge is 2.10. The molecule has 0 aromatic carbocycles. The molecule has 2 amide bonds. The lowest BCUT2D eigenvalue weighted by Gasteiger charge is -2.20. The Kier molecular flexibility index (Phi) is 3.93. The molecule has 0 bridgehead atoms. The topological polar surface area (TPSA) is 32.3 Å². The molecule has 66 valence electrons. The van der Waals surface area contributed by atoms with Gasteiger partial charge in [-0.2, -0.15) is 0 Å². The lowest BCUT2D eigenvalue weighted by atomic mass is 10.1. The molecule has 1 N–H and O–H groups in total. The molecular weight excluding hydrogens is 140 g/mol. The maximum Gasteiger partial charge on any atom is 0.317 e. The van der Waals surface area contributed by atoms with E-state index < -0.39 is 0 Å². The second-order valence-corrected chi connectivity index (χ2v) is 3.38. The highest BCUT2D eigenvalue weighted by molar-refractivity contribution is 5.73. The number of amides is 2. The number of hydrogen-bond donors (Lipinski definition) is 1. The van der Waals surface area contributed by atoms with Gasteiger partial charge in [-0.1, -0.05) is 13.8 Å². The van der Waals surface area contributed by atoms with Gasteiger partial charge in [0, 0.05) is 20.1 Å². The first-order chi connectivity index (χ1) is 4.95. The van der Waals surface area contributed by atoms with Crippen molar-refractivity contribution in [2.45, 2.75) is 26.8 Å². The maximum absolute atomic E-state index is 11.1. The van der Waals surface area contributed by atoms with E-state index in [2.05, 4.69) is 19.2 Å². The Labute approximate surface area is 68.8 Å². The molecular formula is C8H18N2O. The molecule has 1 atom stereocenters. The Morgan fingerprint density at radius 2 is 1.73 bits per heavy atom. The number of urea groups is 1. The monoisotopic (exact) mass is 158 g/mol. The van der Waals surface area contributed by atoms with E-state index in [9.17, 15) is 4.79 Å². The van der Waals surface area contributed by atoms with Crippen molar-refractivity contribution in [1.29, 1.82) is 0 Å². The minimum Gasteiger partial charge on any atom is -0.335 e. The SMILES string of the molecule is CC(C)[C@H](C)NC(=O)N(C)C. The average molecular weight is 158 g/mol. The van der Waals surface area contributed by atoms with E-state index in [0.29, 0.717) is 5.92 Å². The summed E-state index contributed by atoms with van der Waals surface area (Å²) >= 11 is 0. The van der Waals surface area contributed by atoms with Crippen molar-refractivity contribution < 1.29 is 4.79 Å². The van der Waals surface area contributed by atoms with Crippen molar-refractivity contribution in [3.05, 3.63) is 0 Å². The van der Waals surface area contributed by atoms with Crippen LogP contribution in [0.3, 0.4) is 0 Å². The molecule has 0 heterocycles. The van der Waals surface area contributed by atoms with Crippen LogP contribution in [0.2, 0.25) is 0 Å². The van der Waals surface area contributed by atoms with Gasteiger partial charge in [-0.05, 0) is 12.8 Å². The Morgan fingerprint density at radius 1 is 1.27 bits per heavy atom. The average Bonchev–Trinajstić information content (AvgIpc) is 1.87. The third-order valence-electron chi connectivity index (χ3n) is 1.76. The van der Waals surface area contributed by atoms with Gasteiger partial charge in [0.25, 0.3) is 0 Å². The Bertz CT molecular complexity index is 132. The molecule has 0 spiro atoms. The molecule has 0 rings (SSSR count). The van der Waals surface area contributed by atoms with Gasteiger partial charge in [-0.15, -0.1) is 0 Å². The summed E-state index contributed by atoms with van der Waals surface area (Å²) in [6, 6.07) is 0.219. The van der Waals surface area contributed by atoms with Gasteiger partial charge in [-0.3, -0.25) is 0 Å². The number of carbonyl (C=O) groups excluding carboxylic acids is 1. The van der Waals surface area contributed by atoms with Crippen molar-refractivity contribution in [2.75, 3.05) is 14.1 Å². The van der Waals surface area contributed by atoms with E-state index in [1.807, 2.05) is 6.92 Å². The zero-order chi connectivity index (χ0) is 9.02. The van der Waals surface area contributed by atoms with E-state index in [1.165, 1.54) is 0 Å². The molecule has 0 aliphatic heterocycles. The van der Waals surface area contributed by atoms with Gasteiger partial charge in [-0.25, -0.2) is 4.79 Å². The van der Waals surface area contributed by atoms with E-state index in [1.54, 1.807) is 19.0 Å². The predicted octanol–water partition coefficient (Wildman–Crippen LogP) is 1.30. The van der Waals surface area contributed by atoms with Crippen LogP contribution < -0.4 is 5.32 Å². The van der Waals surface area contributed by atoms with Crippen molar-refractivity contribution in [3.63, 3.8) is 0 Å². The highest BCUT2D eigenvalue weighted by Crippen LogP contribution is 1.99. The third-order valence-corrected chi connectivity index (χ3v) is 1.76. The molecule has 0 aromatic rings. The van der Waals surface area contributed by atoms with E-state index >= 15 is 0 Å². The number of hydrogen-bond acceptors (Lipinski definition) is 1. The molecule has 3 nitrogen and oxygen atoms in total. The molecule has 0 fully saturated rings. The van der Waals surface area contributed by atoms with Gasteiger partial charge in [0.1, 0.15) is 0 Å². The van der Waals surface area contributed by atoms with Crippen molar-refractivity contribution >= 4 is 6.03 Å². The summed E-state index contributed by atoms with van der Waals surface area (Å²) in [5.41, 5.74) is 0. The predicted molar refractivity (Wildman–Crippen MR) is 46.5 cm³/mol. The van der Waals surface area contributed by atoms with Crippen molar-refractivity contribution in [1.82, 2.24) is 10.2 Å². The van der Waals surface area contributed by atoms with Crippen LogP contribution in [0.1, 0.15) is 20.8 Å². The molecule has 11 heavy (non-hydrogen) atoms. The van der Waals surface area contributed by atoms with Crippen LogP contribution in [0.25, 0.3) is 0 Å². The summed E-state index contributed by atoms with van der Waals surface area (Å²) in [4.78, 5) is 12.6. The number of nitrogens with one attached hydrogen (secondary N) is 1. The van der Waals surface area contributed by atoms with Crippen LogP contribution >= 0.6 is 0 Å². The Morgan fingerprint density at radius 3 is 2.00 bits per heavy atom. The smallest absolute Gasteiger partial charge is 0.317 e. The zero-order valence-corrected chi connectivity index (χ0v) is 8.01. The highest BCUT2D eigenvalue weighted by atomic mass is 16.2. The molecule has 3 heteroatoms.